The third-order valence-corrected chi connectivity index (χ3v) is 2.00. The molecule has 66 valence electrons. The Morgan fingerprint density at radius 2 is 2.25 bits per heavy atom. The van der Waals surface area contributed by atoms with E-state index in [9.17, 15) is 4.39 Å². The summed E-state index contributed by atoms with van der Waals surface area (Å²) in [6.07, 6.45) is 0. The number of rotatable bonds is 2. The van der Waals surface area contributed by atoms with Gasteiger partial charge in [0.2, 0.25) is 0 Å². The van der Waals surface area contributed by atoms with Gasteiger partial charge in [0.05, 0.1) is 0 Å². The van der Waals surface area contributed by atoms with E-state index in [1.54, 1.807) is 19.1 Å². The molecule has 1 atom stereocenters. The summed E-state index contributed by atoms with van der Waals surface area (Å²) in [4.78, 5) is 0. The van der Waals surface area contributed by atoms with Gasteiger partial charge in [0.15, 0.2) is 0 Å². The Morgan fingerprint density at radius 1 is 1.58 bits per heavy atom. The maximum Gasteiger partial charge on any atom is 0.128 e. The van der Waals surface area contributed by atoms with Crippen molar-refractivity contribution in [3.63, 3.8) is 0 Å². The first-order valence-corrected chi connectivity index (χ1v) is 4.08. The summed E-state index contributed by atoms with van der Waals surface area (Å²) in [6.45, 7) is 1.70. The molecule has 0 amide bonds. The zero-order chi connectivity index (χ0) is 9.14. The van der Waals surface area contributed by atoms with Crippen LogP contribution in [0.15, 0.2) is 18.2 Å². The van der Waals surface area contributed by atoms with Gasteiger partial charge < -0.3 is 5.11 Å². The van der Waals surface area contributed by atoms with Gasteiger partial charge in [-0.2, -0.15) is 0 Å². The zero-order valence-corrected chi connectivity index (χ0v) is 7.48. The molecule has 12 heavy (non-hydrogen) atoms. The molecule has 0 radical (unpaired) electrons. The standard InChI is InChI=1S/C9H10ClFO/c1-6(5-12)8-3-2-7(10)4-9(8)11/h2-4,6,12H,5H2,1H3. The van der Waals surface area contributed by atoms with Crippen LogP contribution in [0.3, 0.4) is 0 Å². The van der Waals surface area contributed by atoms with Crippen molar-refractivity contribution in [3.8, 4) is 0 Å². The highest BCUT2D eigenvalue weighted by atomic mass is 35.5. The van der Waals surface area contributed by atoms with Crippen molar-refractivity contribution in [2.24, 2.45) is 0 Å². The number of aliphatic hydroxyl groups excluding tert-OH is 1. The van der Waals surface area contributed by atoms with Crippen LogP contribution in [-0.4, -0.2) is 11.7 Å². The van der Waals surface area contributed by atoms with E-state index in [2.05, 4.69) is 0 Å². The van der Waals surface area contributed by atoms with Crippen molar-refractivity contribution in [1.82, 2.24) is 0 Å². The fourth-order valence-electron chi connectivity index (χ4n) is 1.000. The van der Waals surface area contributed by atoms with E-state index in [-0.39, 0.29) is 18.3 Å². The van der Waals surface area contributed by atoms with Crippen molar-refractivity contribution >= 4 is 11.6 Å². The molecular formula is C9H10ClFO. The monoisotopic (exact) mass is 188 g/mol. The topological polar surface area (TPSA) is 20.2 Å². The molecule has 1 aromatic rings. The van der Waals surface area contributed by atoms with Gasteiger partial charge in [-0.15, -0.1) is 0 Å². The Balaban J connectivity index is 3.01. The summed E-state index contributed by atoms with van der Waals surface area (Å²) in [7, 11) is 0. The normalized spacial score (nSPS) is 13.0. The van der Waals surface area contributed by atoms with Crippen molar-refractivity contribution in [3.05, 3.63) is 34.6 Å². The Kier molecular flexibility index (Phi) is 3.06. The minimum atomic E-state index is -0.357. The average Bonchev–Trinajstić information content (AvgIpc) is 2.03. The van der Waals surface area contributed by atoms with Crippen molar-refractivity contribution < 1.29 is 9.50 Å². The van der Waals surface area contributed by atoms with Gasteiger partial charge in [0.1, 0.15) is 5.82 Å². The van der Waals surface area contributed by atoms with Gasteiger partial charge in [-0.1, -0.05) is 24.6 Å². The first-order valence-electron chi connectivity index (χ1n) is 3.71. The highest BCUT2D eigenvalue weighted by Gasteiger charge is 2.09. The van der Waals surface area contributed by atoms with Gasteiger partial charge >= 0.3 is 0 Å². The zero-order valence-electron chi connectivity index (χ0n) is 6.72. The van der Waals surface area contributed by atoms with E-state index in [4.69, 9.17) is 16.7 Å². The maximum atomic E-state index is 13.1. The maximum absolute atomic E-state index is 13.1. The molecule has 1 N–H and O–H groups in total. The first kappa shape index (κ1) is 9.49. The lowest BCUT2D eigenvalue weighted by Crippen LogP contribution is -2.01. The Morgan fingerprint density at radius 3 is 2.75 bits per heavy atom. The van der Waals surface area contributed by atoms with Crippen LogP contribution < -0.4 is 0 Å². The summed E-state index contributed by atoms with van der Waals surface area (Å²) in [5, 5.41) is 9.16. The van der Waals surface area contributed by atoms with Crippen LogP contribution >= 0.6 is 11.6 Å². The largest absolute Gasteiger partial charge is 0.396 e. The van der Waals surface area contributed by atoms with E-state index in [1.165, 1.54) is 6.07 Å². The smallest absolute Gasteiger partial charge is 0.128 e. The molecule has 0 aliphatic heterocycles. The van der Waals surface area contributed by atoms with Crippen LogP contribution in [0.5, 0.6) is 0 Å². The van der Waals surface area contributed by atoms with E-state index in [1.807, 2.05) is 0 Å². The number of aliphatic hydroxyl groups is 1. The molecule has 1 rings (SSSR count). The van der Waals surface area contributed by atoms with Crippen molar-refractivity contribution in [1.29, 1.82) is 0 Å². The van der Waals surface area contributed by atoms with Crippen molar-refractivity contribution in [2.75, 3.05) is 6.61 Å². The van der Waals surface area contributed by atoms with Crippen LogP contribution in [0.2, 0.25) is 5.02 Å². The van der Waals surface area contributed by atoms with Gasteiger partial charge in [0.25, 0.3) is 0 Å². The lowest BCUT2D eigenvalue weighted by atomic mass is 10.0. The molecule has 1 nitrogen and oxygen atoms in total. The Bertz CT molecular complexity index is 275. The summed E-state index contributed by atoms with van der Waals surface area (Å²) in [5.41, 5.74) is 0.502. The fraction of sp³-hybridized carbons (Fsp3) is 0.333. The van der Waals surface area contributed by atoms with E-state index in [0.29, 0.717) is 10.6 Å². The summed E-state index contributed by atoms with van der Waals surface area (Å²) in [6, 6.07) is 4.47. The molecule has 0 aromatic heterocycles. The number of benzene rings is 1. The third-order valence-electron chi connectivity index (χ3n) is 1.77. The minimum absolute atomic E-state index is 0.0570. The van der Waals surface area contributed by atoms with Gasteiger partial charge in [-0.05, 0) is 17.7 Å². The Labute approximate surface area is 75.8 Å². The molecule has 3 heteroatoms. The quantitative estimate of drug-likeness (QED) is 0.757. The van der Waals surface area contributed by atoms with Gasteiger partial charge in [0, 0.05) is 17.5 Å². The number of hydrogen-bond acceptors (Lipinski definition) is 1. The second-order valence-corrected chi connectivity index (χ2v) is 3.19. The third kappa shape index (κ3) is 1.96. The van der Waals surface area contributed by atoms with Crippen LogP contribution in [0.4, 0.5) is 4.39 Å². The number of hydrogen-bond donors (Lipinski definition) is 1. The molecule has 0 heterocycles. The molecule has 0 fully saturated rings. The van der Waals surface area contributed by atoms with E-state index in [0.717, 1.165) is 0 Å². The highest BCUT2D eigenvalue weighted by molar-refractivity contribution is 6.30. The molecule has 0 saturated carbocycles. The number of halogens is 2. The molecule has 0 bridgehead atoms. The second-order valence-electron chi connectivity index (χ2n) is 2.75. The van der Waals surface area contributed by atoms with Crippen LogP contribution in [-0.2, 0) is 0 Å². The summed E-state index contributed by atoms with van der Waals surface area (Å²) >= 11 is 5.56. The predicted octanol–water partition coefficient (Wildman–Crippen LogP) is 2.57. The van der Waals surface area contributed by atoms with Crippen molar-refractivity contribution in [2.45, 2.75) is 12.8 Å². The summed E-state index contributed by atoms with van der Waals surface area (Å²) in [5.74, 6) is -0.536. The summed E-state index contributed by atoms with van der Waals surface area (Å²) < 4.78 is 13.1. The van der Waals surface area contributed by atoms with Crippen LogP contribution in [0, 0.1) is 5.82 Å². The van der Waals surface area contributed by atoms with E-state index >= 15 is 0 Å². The van der Waals surface area contributed by atoms with Crippen LogP contribution in [0.25, 0.3) is 0 Å². The van der Waals surface area contributed by atoms with E-state index < -0.39 is 0 Å². The highest BCUT2D eigenvalue weighted by Crippen LogP contribution is 2.21. The Hall–Kier alpha value is -0.600. The minimum Gasteiger partial charge on any atom is -0.396 e. The van der Waals surface area contributed by atoms with Gasteiger partial charge in [-0.25, -0.2) is 4.39 Å². The molecule has 0 aliphatic rings. The molecule has 0 aliphatic carbocycles. The van der Waals surface area contributed by atoms with Gasteiger partial charge in [-0.3, -0.25) is 0 Å². The molecule has 0 saturated heterocycles. The lowest BCUT2D eigenvalue weighted by Gasteiger charge is -2.08. The SMILES string of the molecule is CC(CO)c1ccc(Cl)cc1F. The lowest BCUT2D eigenvalue weighted by molar-refractivity contribution is 0.270. The molecular weight excluding hydrogens is 179 g/mol. The molecule has 1 aromatic carbocycles. The molecule has 1 unspecified atom stereocenters. The predicted molar refractivity (Wildman–Crippen MR) is 46.9 cm³/mol. The average molecular weight is 189 g/mol. The fourth-order valence-corrected chi connectivity index (χ4v) is 1.16. The second kappa shape index (κ2) is 3.87. The molecule has 0 spiro atoms. The van der Waals surface area contributed by atoms with Crippen LogP contribution in [0.1, 0.15) is 18.4 Å². The first-order chi connectivity index (χ1) is 5.65.